The van der Waals surface area contributed by atoms with Gasteiger partial charge in [-0.1, -0.05) is 20.8 Å². The minimum absolute atomic E-state index is 0.117. The summed E-state index contributed by atoms with van der Waals surface area (Å²) in [5.74, 6) is 0.508. The largest absolute Gasteiger partial charge is 0.347 e. The van der Waals surface area contributed by atoms with Crippen molar-refractivity contribution in [3.8, 4) is 0 Å². The molecule has 0 radical (unpaired) electrons. The molecule has 0 aromatic heterocycles. The Kier molecular flexibility index (Phi) is 3.30. The molecule has 1 aliphatic heterocycles. The van der Waals surface area contributed by atoms with Gasteiger partial charge in [-0.05, 0) is 24.2 Å². The van der Waals surface area contributed by atoms with E-state index in [4.69, 9.17) is 15.2 Å². The van der Waals surface area contributed by atoms with Gasteiger partial charge in [0.2, 0.25) is 0 Å². The zero-order valence-corrected chi connectivity index (χ0v) is 10.8. The highest BCUT2D eigenvalue weighted by atomic mass is 16.7. The minimum Gasteiger partial charge on any atom is -0.347 e. The first-order valence-corrected chi connectivity index (χ1v) is 6.47. The van der Waals surface area contributed by atoms with Crippen LogP contribution in [0.25, 0.3) is 0 Å². The fourth-order valence-corrected chi connectivity index (χ4v) is 2.92. The molecular formula is C13H25NO2. The molecule has 1 saturated carbocycles. The summed E-state index contributed by atoms with van der Waals surface area (Å²) in [5.41, 5.74) is 6.03. The number of nitrogens with two attached hydrogens (primary N) is 1. The number of hydrogen-bond acceptors (Lipinski definition) is 3. The summed E-state index contributed by atoms with van der Waals surface area (Å²) in [4.78, 5) is 0. The summed E-state index contributed by atoms with van der Waals surface area (Å²) >= 11 is 0. The van der Waals surface area contributed by atoms with Gasteiger partial charge in [0.15, 0.2) is 5.79 Å². The monoisotopic (exact) mass is 227 g/mol. The van der Waals surface area contributed by atoms with Crippen molar-refractivity contribution in [2.45, 2.75) is 58.3 Å². The maximum absolute atomic E-state index is 5.95. The summed E-state index contributed by atoms with van der Waals surface area (Å²) in [6.07, 6.45) is 4.60. The van der Waals surface area contributed by atoms with Crippen LogP contribution in [0.5, 0.6) is 0 Å². The van der Waals surface area contributed by atoms with Gasteiger partial charge in [-0.15, -0.1) is 0 Å². The Morgan fingerprint density at radius 2 is 1.88 bits per heavy atom. The standard InChI is InChI=1S/C13H25NO2/c1-12(2,3)10-4-6-13(7-5-10)15-9-11(8-14)16-13/h10-11H,4-9,14H2,1-3H3. The molecule has 2 N–H and O–H groups in total. The van der Waals surface area contributed by atoms with Crippen LogP contribution in [0.3, 0.4) is 0 Å². The quantitative estimate of drug-likeness (QED) is 0.747. The van der Waals surface area contributed by atoms with E-state index in [0.29, 0.717) is 18.6 Å². The van der Waals surface area contributed by atoms with Crippen LogP contribution in [0, 0.1) is 11.3 Å². The van der Waals surface area contributed by atoms with Gasteiger partial charge in [-0.25, -0.2) is 0 Å². The van der Waals surface area contributed by atoms with Crippen molar-refractivity contribution in [3.05, 3.63) is 0 Å². The minimum atomic E-state index is -0.286. The maximum atomic E-state index is 5.95. The number of hydrogen-bond donors (Lipinski definition) is 1. The molecule has 2 aliphatic rings. The molecule has 1 aliphatic carbocycles. The van der Waals surface area contributed by atoms with Crippen LogP contribution in [0.15, 0.2) is 0 Å². The molecule has 1 saturated heterocycles. The Morgan fingerprint density at radius 1 is 1.25 bits per heavy atom. The van der Waals surface area contributed by atoms with Crippen LogP contribution >= 0.6 is 0 Å². The van der Waals surface area contributed by atoms with Gasteiger partial charge in [-0.3, -0.25) is 0 Å². The van der Waals surface area contributed by atoms with E-state index in [1.165, 1.54) is 12.8 Å². The second-order valence-corrected chi connectivity index (χ2v) is 6.34. The van der Waals surface area contributed by atoms with Gasteiger partial charge < -0.3 is 15.2 Å². The molecule has 1 unspecified atom stereocenters. The first-order valence-electron chi connectivity index (χ1n) is 6.47. The van der Waals surface area contributed by atoms with E-state index >= 15 is 0 Å². The zero-order valence-electron chi connectivity index (χ0n) is 10.8. The van der Waals surface area contributed by atoms with E-state index in [1.807, 2.05) is 0 Å². The highest BCUT2D eigenvalue weighted by molar-refractivity contribution is 4.88. The Bertz CT molecular complexity index is 239. The van der Waals surface area contributed by atoms with Crippen molar-refractivity contribution < 1.29 is 9.47 Å². The Balaban J connectivity index is 1.90. The molecule has 1 spiro atoms. The maximum Gasteiger partial charge on any atom is 0.168 e. The van der Waals surface area contributed by atoms with Crippen LogP contribution in [0.4, 0.5) is 0 Å². The Hall–Kier alpha value is -0.120. The van der Waals surface area contributed by atoms with Gasteiger partial charge in [0.1, 0.15) is 0 Å². The van der Waals surface area contributed by atoms with E-state index in [9.17, 15) is 0 Å². The highest BCUT2D eigenvalue weighted by Gasteiger charge is 2.45. The molecule has 0 aromatic carbocycles. The molecule has 1 atom stereocenters. The fraction of sp³-hybridized carbons (Fsp3) is 1.00. The van der Waals surface area contributed by atoms with E-state index in [-0.39, 0.29) is 11.9 Å². The smallest absolute Gasteiger partial charge is 0.168 e. The van der Waals surface area contributed by atoms with Crippen molar-refractivity contribution in [1.29, 1.82) is 0 Å². The predicted octanol–water partition coefficient (Wildman–Crippen LogP) is 2.29. The SMILES string of the molecule is CC(C)(C)C1CCC2(CC1)OCC(CN)O2. The van der Waals surface area contributed by atoms with Crippen molar-refractivity contribution in [1.82, 2.24) is 0 Å². The Morgan fingerprint density at radius 3 is 2.31 bits per heavy atom. The number of rotatable bonds is 1. The van der Waals surface area contributed by atoms with E-state index in [1.54, 1.807) is 0 Å². The first-order chi connectivity index (χ1) is 7.45. The molecule has 0 bridgehead atoms. The molecule has 3 nitrogen and oxygen atoms in total. The van der Waals surface area contributed by atoms with Crippen LogP contribution in [-0.4, -0.2) is 25.0 Å². The van der Waals surface area contributed by atoms with Gasteiger partial charge >= 0.3 is 0 Å². The Labute approximate surface area is 98.7 Å². The lowest BCUT2D eigenvalue weighted by Gasteiger charge is -2.41. The topological polar surface area (TPSA) is 44.5 Å². The molecule has 1 heterocycles. The lowest BCUT2D eigenvalue weighted by molar-refractivity contribution is -0.195. The molecular weight excluding hydrogens is 202 g/mol. The second-order valence-electron chi connectivity index (χ2n) is 6.34. The predicted molar refractivity (Wildman–Crippen MR) is 64.0 cm³/mol. The van der Waals surface area contributed by atoms with Crippen molar-refractivity contribution in [2.75, 3.05) is 13.2 Å². The number of ether oxygens (including phenoxy) is 2. The third kappa shape index (κ3) is 2.41. The molecule has 2 fully saturated rings. The molecule has 3 heteroatoms. The second kappa shape index (κ2) is 4.28. The average Bonchev–Trinajstić information content (AvgIpc) is 2.61. The van der Waals surface area contributed by atoms with Crippen LogP contribution in [0.2, 0.25) is 0 Å². The van der Waals surface area contributed by atoms with Gasteiger partial charge in [0.05, 0.1) is 12.7 Å². The lowest BCUT2D eigenvalue weighted by Crippen LogP contribution is -2.39. The zero-order chi connectivity index (χ0) is 11.8. The summed E-state index contributed by atoms with van der Waals surface area (Å²) < 4.78 is 11.8. The fourth-order valence-electron chi connectivity index (χ4n) is 2.92. The first kappa shape index (κ1) is 12.3. The summed E-state index contributed by atoms with van der Waals surface area (Å²) in [7, 11) is 0. The van der Waals surface area contributed by atoms with Gasteiger partial charge in [0.25, 0.3) is 0 Å². The summed E-state index contributed by atoms with van der Waals surface area (Å²) in [6.45, 7) is 8.24. The molecule has 2 rings (SSSR count). The molecule has 16 heavy (non-hydrogen) atoms. The third-order valence-corrected chi connectivity index (χ3v) is 4.15. The van der Waals surface area contributed by atoms with Crippen molar-refractivity contribution in [2.24, 2.45) is 17.1 Å². The highest BCUT2D eigenvalue weighted by Crippen LogP contribution is 2.45. The lowest BCUT2D eigenvalue weighted by atomic mass is 9.71. The third-order valence-electron chi connectivity index (χ3n) is 4.15. The van der Waals surface area contributed by atoms with E-state index < -0.39 is 0 Å². The van der Waals surface area contributed by atoms with Crippen LogP contribution < -0.4 is 5.73 Å². The van der Waals surface area contributed by atoms with Crippen LogP contribution in [-0.2, 0) is 9.47 Å². The van der Waals surface area contributed by atoms with Crippen molar-refractivity contribution >= 4 is 0 Å². The average molecular weight is 227 g/mol. The van der Waals surface area contributed by atoms with E-state index in [0.717, 1.165) is 18.8 Å². The molecule has 0 aromatic rings. The molecule has 0 amide bonds. The van der Waals surface area contributed by atoms with Gasteiger partial charge in [0, 0.05) is 19.4 Å². The molecule has 94 valence electrons. The summed E-state index contributed by atoms with van der Waals surface area (Å²) in [5, 5.41) is 0. The van der Waals surface area contributed by atoms with Crippen molar-refractivity contribution in [3.63, 3.8) is 0 Å². The summed E-state index contributed by atoms with van der Waals surface area (Å²) in [6, 6.07) is 0. The normalized spacial score (nSPS) is 40.5. The van der Waals surface area contributed by atoms with E-state index in [2.05, 4.69) is 20.8 Å². The van der Waals surface area contributed by atoms with Gasteiger partial charge in [-0.2, -0.15) is 0 Å². The van der Waals surface area contributed by atoms with Crippen LogP contribution in [0.1, 0.15) is 46.5 Å².